The van der Waals surface area contributed by atoms with Gasteiger partial charge in [-0.1, -0.05) is 6.07 Å². The molecule has 0 bridgehead atoms. The summed E-state index contributed by atoms with van der Waals surface area (Å²) in [5.74, 6) is 1.20. The van der Waals surface area contributed by atoms with E-state index in [0.29, 0.717) is 36.0 Å². The minimum atomic E-state index is -0.159. The molecule has 3 aromatic rings. The lowest BCUT2D eigenvalue weighted by Crippen LogP contribution is -2.16. The predicted octanol–water partition coefficient (Wildman–Crippen LogP) is 3.19. The summed E-state index contributed by atoms with van der Waals surface area (Å²) in [7, 11) is 0. The number of fused-ring (bicyclic) bond motifs is 2. The van der Waals surface area contributed by atoms with Crippen molar-refractivity contribution in [3.8, 4) is 11.5 Å². The number of amides is 1. The molecular weight excluding hydrogens is 280 g/mol. The van der Waals surface area contributed by atoms with Gasteiger partial charge in [-0.3, -0.25) is 4.79 Å². The third-order valence-electron chi connectivity index (χ3n) is 3.62. The lowest BCUT2D eigenvalue weighted by atomic mass is 10.1. The molecule has 0 aliphatic carbocycles. The van der Waals surface area contributed by atoms with E-state index in [-0.39, 0.29) is 5.91 Å². The SMILES string of the molecule is O=C(Nc1ccc2c(c1)OCCO2)c1ccc2cc[nH]c2c1. The highest BCUT2D eigenvalue weighted by molar-refractivity contribution is 6.06. The third-order valence-corrected chi connectivity index (χ3v) is 3.62. The fourth-order valence-electron chi connectivity index (χ4n) is 2.51. The first-order valence-electron chi connectivity index (χ1n) is 7.08. The average Bonchev–Trinajstić information content (AvgIpc) is 3.02. The average molecular weight is 294 g/mol. The van der Waals surface area contributed by atoms with Crippen LogP contribution in [0.4, 0.5) is 5.69 Å². The molecule has 1 amide bonds. The zero-order valence-corrected chi connectivity index (χ0v) is 11.8. The molecule has 0 spiro atoms. The van der Waals surface area contributed by atoms with Gasteiger partial charge in [0, 0.05) is 29.0 Å². The van der Waals surface area contributed by atoms with Crippen LogP contribution in [0.1, 0.15) is 10.4 Å². The summed E-state index contributed by atoms with van der Waals surface area (Å²) in [5, 5.41) is 3.96. The van der Waals surface area contributed by atoms with Crippen LogP contribution in [-0.4, -0.2) is 24.1 Å². The molecule has 1 aliphatic rings. The second kappa shape index (κ2) is 5.11. The molecule has 4 rings (SSSR count). The van der Waals surface area contributed by atoms with E-state index in [1.54, 1.807) is 18.2 Å². The van der Waals surface area contributed by atoms with Gasteiger partial charge in [-0.25, -0.2) is 0 Å². The van der Waals surface area contributed by atoms with Crippen molar-refractivity contribution in [1.29, 1.82) is 0 Å². The Morgan fingerprint density at radius 3 is 2.77 bits per heavy atom. The maximum atomic E-state index is 12.4. The minimum Gasteiger partial charge on any atom is -0.486 e. The number of hydrogen-bond acceptors (Lipinski definition) is 3. The van der Waals surface area contributed by atoms with Crippen LogP contribution in [0.2, 0.25) is 0 Å². The molecule has 0 unspecified atom stereocenters. The number of ether oxygens (including phenoxy) is 2. The first kappa shape index (κ1) is 12.8. The van der Waals surface area contributed by atoms with Gasteiger partial charge in [-0.05, 0) is 35.7 Å². The Hall–Kier alpha value is -2.95. The number of carbonyl (C=O) groups is 1. The topological polar surface area (TPSA) is 63.4 Å². The fourth-order valence-corrected chi connectivity index (χ4v) is 2.51. The maximum absolute atomic E-state index is 12.4. The number of anilines is 1. The first-order valence-corrected chi connectivity index (χ1v) is 7.08. The molecule has 0 saturated carbocycles. The van der Waals surface area contributed by atoms with E-state index in [1.807, 2.05) is 30.5 Å². The smallest absolute Gasteiger partial charge is 0.255 e. The van der Waals surface area contributed by atoms with Gasteiger partial charge in [-0.2, -0.15) is 0 Å². The molecule has 0 saturated heterocycles. The Morgan fingerprint density at radius 2 is 1.86 bits per heavy atom. The Morgan fingerprint density at radius 1 is 1.00 bits per heavy atom. The molecule has 2 aromatic carbocycles. The second-order valence-electron chi connectivity index (χ2n) is 5.09. The number of carbonyl (C=O) groups excluding carboxylic acids is 1. The summed E-state index contributed by atoms with van der Waals surface area (Å²) < 4.78 is 11.0. The molecule has 0 fully saturated rings. The third kappa shape index (κ3) is 2.26. The number of aromatic amines is 1. The summed E-state index contributed by atoms with van der Waals surface area (Å²) in [4.78, 5) is 15.5. The summed E-state index contributed by atoms with van der Waals surface area (Å²) in [5.41, 5.74) is 2.22. The largest absolute Gasteiger partial charge is 0.486 e. The number of nitrogens with one attached hydrogen (secondary N) is 2. The van der Waals surface area contributed by atoms with Crippen LogP contribution in [0.3, 0.4) is 0 Å². The summed E-state index contributed by atoms with van der Waals surface area (Å²) in [6, 6.07) is 12.9. The van der Waals surface area contributed by atoms with Crippen LogP contribution in [0.25, 0.3) is 10.9 Å². The van der Waals surface area contributed by atoms with Crippen molar-refractivity contribution in [3.05, 3.63) is 54.2 Å². The summed E-state index contributed by atoms with van der Waals surface area (Å²) in [6.45, 7) is 1.07. The van der Waals surface area contributed by atoms with Crippen LogP contribution < -0.4 is 14.8 Å². The molecule has 1 aliphatic heterocycles. The predicted molar refractivity (Wildman–Crippen MR) is 83.7 cm³/mol. The summed E-state index contributed by atoms with van der Waals surface area (Å²) in [6.07, 6.45) is 1.85. The molecule has 0 atom stereocenters. The molecule has 0 radical (unpaired) electrons. The molecule has 22 heavy (non-hydrogen) atoms. The molecular formula is C17H14N2O3. The van der Waals surface area contributed by atoms with Gasteiger partial charge in [-0.15, -0.1) is 0 Å². The van der Waals surface area contributed by atoms with E-state index < -0.39 is 0 Å². The lowest BCUT2D eigenvalue weighted by molar-refractivity contribution is 0.102. The van der Waals surface area contributed by atoms with Crippen LogP contribution >= 0.6 is 0 Å². The fraction of sp³-hybridized carbons (Fsp3) is 0.118. The number of rotatable bonds is 2. The van der Waals surface area contributed by atoms with E-state index in [0.717, 1.165) is 10.9 Å². The molecule has 5 nitrogen and oxygen atoms in total. The Balaban J connectivity index is 1.58. The van der Waals surface area contributed by atoms with E-state index >= 15 is 0 Å². The number of H-pyrrole nitrogens is 1. The van der Waals surface area contributed by atoms with Crippen molar-refractivity contribution in [2.45, 2.75) is 0 Å². The van der Waals surface area contributed by atoms with Gasteiger partial charge in [0.15, 0.2) is 11.5 Å². The van der Waals surface area contributed by atoms with Gasteiger partial charge in [0.25, 0.3) is 5.91 Å². The number of benzene rings is 2. The van der Waals surface area contributed by atoms with Crippen molar-refractivity contribution in [2.75, 3.05) is 18.5 Å². The highest BCUT2D eigenvalue weighted by Crippen LogP contribution is 2.32. The van der Waals surface area contributed by atoms with E-state index in [1.165, 1.54) is 0 Å². The van der Waals surface area contributed by atoms with E-state index in [4.69, 9.17) is 9.47 Å². The van der Waals surface area contributed by atoms with E-state index in [9.17, 15) is 4.79 Å². The highest BCUT2D eigenvalue weighted by Gasteiger charge is 2.13. The molecule has 1 aromatic heterocycles. The molecule has 2 heterocycles. The van der Waals surface area contributed by atoms with Crippen molar-refractivity contribution >= 4 is 22.5 Å². The molecule has 2 N–H and O–H groups in total. The van der Waals surface area contributed by atoms with Gasteiger partial charge in [0.05, 0.1) is 0 Å². The van der Waals surface area contributed by atoms with Crippen molar-refractivity contribution in [1.82, 2.24) is 4.98 Å². The Kier molecular flexibility index (Phi) is 2.96. The Labute approximate surface area is 126 Å². The maximum Gasteiger partial charge on any atom is 0.255 e. The zero-order valence-electron chi connectivity index (χ0n) is 11.8. The standard InChI is InChI=1S/C17H14N2O3/c20-17(12-2-1-11-5-6-18-14(11)9-12)19-13-3-4-15-16(10-13)22-8-7-21-15/h1-6,9-10,18H,7-8H2,(H,19,20). The second-order valence-corrected chi connectivity index (χ2v) is 5.09. The van der Waals surface area contributed by atoms with Crippen molar-refractivity contribution in [2.24, 2.45) is 0 Å². The van der Waals surface area contributed by atoms with Gasteiger partial charge < -0.3 is 19.8 Å². The molecule has 110 valence electrons. The Bertz CT molecular complexity index is 854. The number of hydrogen-bond donors (Lipinski definition) is 2. The first-order chi connectivity index (χ1) is 10.8. The van der Waals surface area contributed by atoms with Crippen molar-refractivity contribution < 1.29 is 14.3 Å². The van der Waals surface area contributed by atoms with Crippen molar-refractivity contribution in [3.63, 3.8) is 0 Å². The van der Waals surface area contributed by atoms with Gasteiger partial charge in [0.2, 0.25) is 0 Å². The van der Waals surface area contributed by atoms with Crippen LogP contribution in [-0.2, 0) is 0 Å². The number of aromatic nitrogens is 1. The lowest BCUT2D eigenvalue weighted by Gasteiger charge is -2.19. The van der Waals surface area contributed by atoms with E-state index in [2.05, 4.69) is 10.3 Å². The monoisotopic (exact) mass is 294 g/mol. The van der Waals surface area contributed by atoms with Gasteiger partial charge in [0.1, 0.15) is 13.2 Å². The van der Waals surface area contributed by atoms with Crippen LogP contribution in [0.15, 0.2) is 48.7 Å². The minimum absolute atomic E-state index is 0.159. The zero-order chi connectivity index (χ0) is 14.9. The van der Waals surface area contributed by atoms with Gasteiger partial charge >= 0.3 is 0 Å². The van der Waals surface area contributed by atoms with Crippen LogP contribution in [0.5, 0.6) is 11.5 Å². The van der Waals surface area contributed by atoms with Crippen LogP contribution in [0, 0.1) is 0 Å². The highest BCUT2D eigenvalue weighted by atomic mass is 16.6. The normalized spacial score (nSPS) is 13.1. The summed E-state index contributed by atoms with van der Waals surface area (Å²) >= 11 is 0. The molecule has 5 heteroatoms. The quantitative estimate of drug-likeness (QED) is 0.763.